The van der Waals surface area contributed by atoms with Gasteiger partial charge in [-0.2, -0.15) is 5.26 Å². The maximum atomic E-state index is 9.28. The Labute approximate surface area is 150 Å². The van der Waals surface area contributed by atoms with Crippen LogP contribution in [-0.4, -0.2) is 19.9 Å². The summed E-state index contributed by atoms with van der Waals surface area (Å²) in [5.41, 5.74) is 0.253. The molecule has 24 heavy (non-hydrogen) atoms. The molecular weight excluding hydrogens is 398 g/mol. The largest absolute Gasteiger partial charge is 0.420 e. The van der Waals surface area contributed by atoms with Crippen LogP contribution in [0.4, 0.5) is 0 Å². The number of hydrogen-bond acceptors (Lipinski definition) is 7. The molecule has 0 fully saturated rings. The van der Waals surface area contributed by atoms with Gasteiger partial charge in [-0.25, -0.2) is 19.9 Å². The molecule has 0 aliphatic carbocycles. The van der Waals surface area contributed by atoms with Crippen molar-refractivity contribution in [3.05, 3.63) is 58.0 Å². The van der Waals surface area contributed by atoms with Crippen LogP contribution in [0.2, 0.25) is 5.02 Å². The number of halogens is 2. The Hall–Kier alpha value is -2.76. The monoisotopic (exact) mass is 403 g/mol. The maximum Gasteiger partial charge on any atom is 0.322 e. The van der Waals surface area contributed by atoms with Crippen molar-refractivity contribution in [3.63, 3.8) is 0 Å². The summed E-state index contributed by atoms with van der Waals surface area (Å²) in [7, 11) is 0. The molecule has 0 amide bonds. The van der Waals surface area contributed by atoms with Crippen LogP contribution in [0.5, 0.6) is 23.5 Å². The van der Waals surface area contributed by atoms with E-state index in [9.17, 15) is 5.26 Å². The van der Waals surface area contributed by atoms with Gasteiger partial charge in [0.1, 0.15) is 6.07 Å². The summed E-state index contributed by atoms with van der Waals surface area (Å²) >= 11 is 8.99. The lowest BCUT2D eigenvalue weighted by Gasteiger charge is -2.11. The number of rotatable bonds is 4. The zero-order valence-electron chi connectivity index (χ0n) is 11.8. The van der Waals surface area contributed by atoms with Crippen molar-refractivity contribution in [3.8, 4) is 29.6 Å². The lowest BCUT2D eigenvalue weighted by atomic mass is 10.2. The molecule has 1 aromatic carbocycles. The molecule has 0 spiro atoms. The van der Waals surface area contributed by atoms with E-state index < -0.39 is 0 Å². The standard InChI is InChI=1S/C15H7BrClN5O2/c16-10-5-19-14(20-6-10)23-12-3-1-2-9(4-18)13(12)24-15-21-7-11(17)8-22-15/h1-3,5-8H. The van der Waals surface area contributed by atoms with Crippen LogP contribution in [0.3, 0.4) is 0 Å². The van der Waals surface area contributed by atoms with Crippen LogP contribution < -0.4 is 9.47 Å². The van der Waals surface area contributed by atoms with Gasteiger partial charge < -0.3 is 9.47 Å². The number of nitrogens with zero attached hydrogens (tertiary/aromatic N) is 5. The van der Waals surface area contributed by atoms with E-state index >= 15 is 0 Å². The van der Waals surface area contributed by atoms with E-state index in [-0.39, 0.29) is 29.1 Å². The predicted molar refractivity (Wildman–Crippen MR) is 88.1 cm³/mol. The van der Waals surface area contributed by atoms with Crippen LogP contribution in [-0.2, 0) is 0 Å². The van der Waals surface area contributed by atoms with E-state index in [0.717, 1.165) is 0 Å². The summed E-state index contributed by atoms with van der Waals surface area (Å²) in [6.45, 7) is 0. The first-order valence-corrected chi connectivity index (χ1v) is 7.66. The van der Waals surface area contributed by atoms with Gasteiger partial charge in [-0.05, 0) is 28.1 Å². The van der Waals surface area contributed by atoms with E-state index in [1.807, 2.05) is 6.07 Å². The molecular formula is C15H7BrClN5O2. The minimum atomic E-state index is 0.0312. The molecule has 7 nitrogen and oxygen atoms in total. The summed E-state index contributed by atoms with van der Waals surface area (Å²) < 4.78 is 11.9. The summed E-state index contributed by atoms with van der Waals surface area (Å²) in [5, 5.41) is 9.65. The molecule has 0 unspecified atom stereocenters. The van der Waals surface area contributed by atoms with Gasteiger partial charge in [0.25, 0.3) is 0 Å². The van der Waals surface area contributed by atoms with Crippen molar-refractivity contribution in [2.45, 2.75) is 0 Å². The third kappa shape index (κ3) is 3.76. The summed E-state index contributed by atoms with van der Waals surface area (Å²) in [5.74, 6) is 0.420. The normalized spacial score (nSPS) is 10.0. The van der Waals surface area contributed by atoms with Crippen LogP contribution in [0.15, 0.2) is 47.5 Å². The van der Waals surface area contributed by atoms with Crippen molar-refractivity contribution < 1.29 is 9.47 Å². The SMILES string of the molecule is N#Cc1cccc(Oc2ncc(Br)cn2)c1Oc1ncc(Cl)cn1. The minimum absolute atomic E-state index is 0.0312. The van der Waals surface area contributed by atoms with Gasteiger partial charge in [-0.3, -0.25) is 0 Å². The first-order chi connectivity index (χ1) is 11.7. The summed E-state index contributed by atoms with van der Waals surface area (Å²) in [4.78, 5) is 15.9. The Kier molecular flexibility index (Phi) is 4.84. The highest BCUT2D eigenvalue weighted by atomic mass is 79.9. The van der Waals surface area contributed by atoms with E-state index in [0.29, 0.717) is 9.50 Å². The maximum absolute atomic E-state index is 9.28. The molecule has 0 radical (unpaired) electrons. The van der Waals surface area contributed by atoms with Gasteiger partial charge in [0, 0.05) is 12.4 Å². The molecule has 0 aliphatic rings. The lowest BCUT2D eigenvalue weighted by Crippen LogP contribution is -1.98. The van der Waals surface area contributed by atoms with Gasteiger partial charge in [-0.15, -0.1) is 0 Å². The quantitative estimate of drug-likeness (QED) is 0.645. The third-order valence-corrected chi connectivity index (χ3v) is 3.29. The molecule has 2 heterocycles. The number of hydrogen-bond donors (Lipinski definition) is 0. The fourth-order valence-corrected chi connectivity index (χ4v) is 1.99. The summed E-state index contributed by atoms with van der Waals surface area (Å²) in [6, 6.07) is 7.03. The Morgan fingerprint density at radius 2 is 1.58 bits per heavy atom. The third-order valence-electron chi connectivity index (χ3n) is 2.69. The number of aromatic nitrogens is 4. The second-order valence-corrected chi connectivity index (χ2v) is 5.67. The highest BCUT2D eigenvalue weighted by Gasteiger charge is 2.15. The van der Waals surface area contributed by atoms with Crippen molar-refractivity contribution in [1.29, 1.82) is 5.26 Å². The van der Waals surface area contributed by atoms with Crippen molar-refractivity contribution in [1.82, 2.24) is 19.9 Å². The van der Waals surface area contributed by atoms with Gasteiger partial charge in [0.05, 0.1) is 27.5 Å². The Morgan fingerprint density at radius 3 is 2.25 bits per heavy atom. The molecule has 0 N–H and O–H groups in total. The van der Waals surface area contributed by atoms with E-state index in [1.54, 1.807) is 30.6 Å². The molecule has 0 aliphatic heterocycles. The molecule has 9 heteroatoms. The molecule has 0 saturated heterocycles. The molecule has 3 rings (SSSR count). The number of ether oxygens (including phenoxy) is 2. The fraction of sp³-hybridized carbons (Fsp3) is 0. The number of para-hydroxylation sites is 1. The van der Waals surface area contributed by atoms with E-state index in [4.69, 9.17) is 21.1 Å². The fourth-order valence-electron chi connectivity index (χ4n) is 1.69. The van der Waals surface area contributed by atoms with Crippen LogP contribution in [0.1, 0.15) is 5.56 Å². The molecule has 0 bridgehead atoms. The first-order valence-electron chi connectivity index (χ1n) is 6.49. The van der Waals surface area contributed by atoms with Crippen LogP contribution >= 0.6 is 27.5 Å². The Morgan fingerprint density at radius 1 is 0.958 bits per heavy atom. The lowest BCUT2D eigenvalue weighted by molar-refractivity contribution is 0.383. The van der Waals surface area contributed by atoms with Crippen molar-refractivity contribution >= 4 is 27.5 Å². The van der Waals surface area contributed by atoms with Crippen molar-refractivity contribution in [2.75, 3.05) is 0 Å². The summed E-state index contributed by atoms with van der Waals surface area (Å²) in [6.07, 6.45) is 5.85. The van der Waals surface area contributed by atoms with Gasteiger partial charge in [0.15, 0.2) is 11.5 Å². The second kappa shape index (κ2) is 7.21. The Bertz CT molecular complexity index is 897. The average molecular weight is 405 g/mol. The van der Waals surface area contributed by atoms with Crippen LogP contribution in [0.25, 0.3) is 0 Å². The van der Waals surface area contributed by atoms with Crippen molar-refractivity contribution in [2.24, 2.45) is 0 Å². The minimum Gasteiger partial charge on any atom is -0.420 e. The highest BCUT2D eigenvalue weighted by Crippen LogP contribution is 2.35. The van der Waals surface area contributed by atoms with Gasteiger partial charge in [0.2, 0.25) is 0 Å². The molecule has 0 atom stereocenters. The zero-order valence-corrected chi connectivity index (χ0v) is 14.2. The second-order valence-electron chi connectivity index (χ2n) is 4.32. The average Bonchev–Trinajstić information content (AvgIpc) is 2.60. The van der Waals surface area contributed by atoms with Gasteiger partial charge >= 0.3 is 12.0 Å². The van der Waals surface area contributed by atoms with Gasteiger partial charge in [-0.1, -0.05) is 17.7 Å². The first kappa shape index (κ1) is 16.1. The zero-order chi connectivity index (χ0) is 16.9. The number of benzene rings is 1. The smallest absolute Gasteiger partial charge is 0.322 e. The Balaban J connectivity index is 1.95. The molecule has 2 aromatic heterocycles. The molecule has 0 saturated carbocycles. The predicted octanol–water partition coefficient (Wildman–Crippen LogP) is 4.14. The number of nitriles is 1. The molecule has 3 aromatic rings. The van der Waals surface area contributed by atoms with E-state index in [1.165, 1.54) is 12.4 Å². The highest BCUT2D eigenvalue weighted by molar-refractivity contribution is 9.10. The van der Waals surface area contributed by atoms with Crippen LogP contribution in [0, 0.1) is 11.3 Å². The topological polar surface area (TPSA) is 93.8 Å². The van der Waals surface area contributed by atoms with E-state index in [2.05, 4.69) is 35.9 Å². The molecule has 118 valence electrons.